The summed E-state index contributed by atoms with van der Waals surface area (Å²) >= 11 is 0. The number of carbonyl (C=O) groups is 1. The van der Waals surface area contributed by atoms with E-state index in [4.69, 9.17) is 4.74 Å². The SMILES string of the molecule is COC(=O)c1ccc(Oc2ccccc2[N+](=O)[O-])cn1. The van der Waals surface area contributed by atoms with Crippen molar-refractivity contribution in [3.8, 4) is 11.5 Å². The van der Waals surface area contributed by atoms with Crippen molar-refractivity contribution in [1.82, 2.24) is 4.98 Å². The van der Waals surface area contributed by atoms with Crippen LogP contribution in [0.2, 0.25) is 0 Å². The number of benzene rings is 1. The largest absolute Gasteiger partial charge is 0.464 e. The van der Waals surface area contributed by atoms with Crippen LogP contribution in [0.3, 0.4) is 0 Å². The molecule has 0 atom stereocenters. The van der Waals surface area contributed by atoms with Crippen molar-refractivity contribution in [2.45, 2.75) is 0 Å². The molecule has 0 spiro atoms. The van der Waals surface area contributed by atoms with E-state index in [0.29, 0.717) is 0 Å². The van der Waals surface area contributed by atoms with E-state index in [1.807, 2.05) is 0 Å². The van der Waals surface area contributed by atoms with Crippen LogP contribution in [0, 0.1) is 10.1 Å². The lowest BCUT2D eigenvalue weighted by molar-refractivity contribution is -0.385. The molecule has 0 bridgehead atoms. The minimum absolute atomic E-state index is 0.102. The molecular weight excluding hydrogens is 264 g/mol. The molecule has 0 fully saturated rings. The van der Waals surface area contributed by atoms with E-state index in [1.54, 1.807) is 12.1 Å². The number of nitro groups is 1. The number of methoxy groups -OCH3 is 1. The quantitative estimate of drug-likeness (QED) is 0.483. The van der Waals surface area contributed by atoms with E-state index in [9.17, 15) is 14.9 Å². The zero-order chi connectivity index (χ0) is 14.5. The number of nitro benzene ring substituents is 1. The van der Waals surface area contributed by atoms with Crippen molar-refractivity contribution in [3.05, 3.63) is 58.4 Å². The van der Waals surface area contributed by atoms with Gasteiger partial charge in [0.1, 0.15) is 11.4 Å². The number of esters is 1. The Balaban J connectivity index is 2.23. The molecule has 0 unspecified atom stereocenters. The zero-order valence-corrected chi connectivity index (χ0v) is 10.5. The third kappa shape index (κ3) is 2.89. The van der Waals surface area contributed by atoms with Gasteiger partial charge in [-0.25, -0.2) is 9.78 Å². The monoisotopic (exact) mass is 274 g/mol. The maximum Gasteiger partial charge on any atom is 0.356 e. The molecule has 1 aromatic heterocycles. The molecule has 1 aromatic carbocycles. The summed E-state index contributed by atoms with van der Waals surface area (Å²) in [4.78, 5) is 25.4. The van der Waals surface area contributed by atoms with E-state index < -0.39 is 10.9 Å². The Morgan fingerprint density at radius 1 is 1.25 bits per heavy atom. The number of hydrogen-bond donors (Lipinski definition) is 0. The van der Waals surface area contributed by atoms with Crippen LogP contribution in [0.5, 0.6) is 11.5 Å². The highest BCUT2D eigenvalue weighted by Crippen LogP contribution is 2.30. The van der Waals surface area contributed by atoms with Crippen molar-refractivity contribution in [3.63, 3.8) is 0 Å². The molecule has 0 saturated carbocycles. The summed E-state index contributed by atoms with van der Waals surface area (Å²) in [5, 5.41) is 10.8. The summed E-state index contributed by atoms with van der Waals surface area (Å²) in [6.07, 6.45) is 1.29. The Labute approximate surface area is 113 Å². The summed E-state index contributed by atoms with van der Waals surface area (Å²) in [7, 11) is 1.25. The molecule has 0 aliphatic rings. The summed E-state index contributed by atoms with van der Waals surface area (Å²) in [5.41, 5.74) is -0.0213. The summed E-state index contributed by atoms with van der Waals surface area (Å²) in [5.74, 6) is -0.181. The molecule has 2 aromatic rings. The molecule has 0 saturated heterocycles. The van der Waals surface area contributed by atoms with Gasteiger partial charge < -0.3 is 9.47 Å². The second-order valence-corrected chi connectivity index (χ2v) is 3.70. The normalized spacial score (nSPS) is 9.85. The summed E-state index contributed by atoms with van der Waals surface area (Å²) < 4.78 is 9.90. The first-order valence-electron chi connectivity index (χ1n) is 5.57. The Morgan fingerprint density at radius 2 is 2.00 bits per heavy atom. The molecule has 1 heterocycles. The molecule has 0 N–H and O–H groups in total. The number of hydrogen-bond acceptors (Lipinski definition) is 6. The van der Waals surface area contributed by atoms with Crippen LogP contribution in [0.25, 0.3) is 0 Å². The lowest BCUT2D eigenvalue weighted by Gasteiger charge is -2.06. The summed E-state index contributed by atoms with van der Waals surface area (Å²) in [6.45, 7) is 0. The van der Waals surface area contributed by atoms with Crippen LogP contribution in [0.1, 0.15) is 10.5 Å². The zero-order valence-electron chi connectivity index (χ0n) is 10.5. The molecule has 0 aliphatic carbocycles. The minimum Gasteiger partial charge on any atom is -0.464 e. The molecule has 7 nitrogen and oxygen atoms in total. The Hall–Kier alpha value is -2.96. The van der Waals surface area contributed by atoms with Crippen molar-refractivity contribution in [1.29, 1.82) is 0 Å². The van der Waals surface area contributed by atoms with Crippen molar-refractivity contribution in [2.75, 3.05) is 7.11 Å². The molecule has 20 heavy (non-hydrogen) atoms. The van der Waals surface area contributed by atoms with Crippen LogP contribution < -0.4 is 4.74 Å². The number of para-hydroxylation sites is 2. The van der Waals surface area contributed by atoms with Gasteiger partial charge in [0.05, 0.1) is 18.2 Å². The van der Waals surface area contributed by atoms with Gasteiger partial charge in [-0.1, -0.05) is 12.1 Å². The van der Waals surface area contributed by atoms with Gasteiger partial charge >= 0.3 is 11.7 Å². The second kappa shape index (κ2) is 5.79. The van der Waals surface area contributed by atoms with Crippen LogP contribution in [-0.2, 0) is 4.74 Å². The number of carbonyl (C=O) groups excluding carboxylic acids is 1. The third-order valence-corrected chi connectivity index (χ3v) is 2.42. The van der Waals surface area contributed by atoms with Crippen LogP contribution in [0.15, 0.2) is 42.6 Å². The number of rotatable bonds is 4. The third-order valence-electron chi connectivity index (χ3n) is 2.42. The molecule has 0 radical (unpaired) electrons. The molecular formula is C13H10N2O5. The van der Waals surface area contributed by atoms with E-state index in [2.05, 4.69) is 9.72 Å². The lowest BCUT2D eigenvalue weighted by atomic mass is 10.3. The van der Waals surface area contributed by atoms with Crippen molar-refractivity contribution < 1.29 is 19.2 Å². The smallest absolute Gasteiger partial charge is 0.356 e. The van der Waals surface area contributed by atoms with Crippen molar-refractivity contribution in [2.24, 2.45) is 0 Å². The van der Waals surface area contributed by atoms with Gasteiger partial charge in [0.2, 0.25) is 5.75 Å². The molecule has 102 valence electrons. The van der Waals surface area contributed by atoms with E-state index in [-0.39, 0.29) is 22.9 Å². The van der Waals surface area contributed by atoms with Gasteiger partial charge in [-0.3, -0.25) is 10.1 Å². The maximum absolute atomic E-state index is 11.2. The fourth-order valence-corrected chi connectivity index (χ4v) is 1.49. The standard InChI is InChI=1S/C13H10N2O5/c1-19-13(16)10-7-6-9(8-14-10)20-12-5-3-2-4-11(12)15(17)18/h2-8H,1H3. The fraction of sp³-hybridized carbons (Fsp3) is 0.0769. The van der Waals surface area contributed by atoms with Crippen LogP contribution >= 0.6 is 0 Å². The highest BCUT2D eigenvalue weighted by atomic mass is 16.6. The van der Waals surface area contributed by atoms with Gasteiger partial charge in [-0.05, 0) is 18.2 Å². The molecule has 0 amide bonds. The first-order valence-corrected chi connectivity index (χ1v) is 5.57. The fourth-order valence-electron chi connectivity index (χ4n) is 1.49. The molecule has 0 aliphatic heterocycles. The van der Waals surface area contributed by atoms with Gasteiger partial charge in [-0.15, -0.1) is 0 Å². The highest BCUT2D eigenvalue weighted by molar-refractivity contribution is 5.87. The second-order valence-electron chi connectivity index (χ2n) is 3.70. The Kier molecular flexibility index (Phi) is 3.90. The average molecular weight is 274 g/mol. The first kappa shape index (κ1) is 13.5. The number of pyridine rings is 1. The van der Waals surface area contributed by atoms with E-state index >= 15 is 0 Å². The van der Waals surface area contributed by atoms with E-state index in [0.717, 1.165) is 0 Å². The number of nitrogens with zero attached hydrogens (tertiary/aromatic N) is 2. The van der Waals surface area contributed by atoms with Gasteiger partial charge in [0, 0.05) is 6.07 Å². The predicted molar refractivity (Wildman–Crippen MR) is 68.7 cm³/mol. The maximum atomic E-state index is 11.2. The minimum atomic E-state index is -0.567. The van der Waals surface area contributed by atoms with E-state index in [1.165, 1.54) is 37.6 Å². The Morgan fingerprint density at radius 3 is 2.60 bits per heavy atom. The molecule has 2 rings (SSSR count). The van der Waals surface area contributed by atoms with Crippen molar-refractivity contribution >= 4 is 11.7 Å². The van der Waals surface area contributed by atoms with Crippen LogP contribution in [0.4, 0.5) is 5.69 Å². The van der Waals surface area contributed by atoms with Gasteiger partial charge in [0.25, 0.3) is 0 Å². The number of aromatic nitrogens is 1. The van der Waals surface area contributed by atoms with Gasteiger partial charge in [-0.2, -0.15) is 0 Å². The molecule has 7 heteroatoms. The average Bonchev–Trinajstić information content (AvgIpc) is 2.47. The first-order chi connectivity index (χ1) is 9.61. The Bertz CT molecular complexity index is 639. The topological polar surface area (TPSA) is 91.6 Å². The lowest BCUT2D eigenvalue weighted by Crippen LogP contribution is -2.03. The van der Waals surface area contributed by atoms with Gasteiger partial charge in [0.15, 0.2) is 0 Å². The predicted octanol–water partition coefficient (Wildman–Crippen LogP) is 2.57. The highest BCUT2D eigenvalue weighted by Gasteiger charge is 2.15. The number of ether oxygens (including phenoxy) is 2. The van der Waals surface area contributed by atoms with Crippen LogP contribution in [-0.4, -0.2) is 23.0 Å². The summed E-state index contributed by atoms with van der Waals surface area (Å²) in [6, 6.07) is 8.88.